The molecule has 0 unspecified atom stereocenters. The molecule has 0 aliphatic carbocycles. The van der Waals surface area contributed by atoms with E-state index in [-0.39, 0.29) is 5.31 Å². The maximum Gasteiger partial charge on any atom is 0.107 e. The summed E-state index contributed by atoms with van der Waals surface area (Å²) in [6, 6.07) is 0. The van der Waals surface area contributed by atoms with Crippen molar-refractivity contribution in [1.29, 1.82) is 0 Å². The van der Waals surface area contributed by atoms with E-state index in [2.05, 4.69) is 37.7 Å². The summed E-state index contributed by atoms with van der Waals surface area (Å²) >= 11 is 0. The molecular formula is C11H19BN2. The van der Waals surface area contributed by atoms with Gasteiger partial charge in [0.15, 0.2) is 0 Å². The van der Waals surface area contributed by atoms with Gasteiger partial charge in [0.1, 0.15) is 5.84 Å². The first-order valence-corrected chi connectivity index (χ1v) is 5.12. The average molecular weight is 190 g/mol. The van der Waals surface area contributed by atoms with Gasteiger partial charge in [-0.05, 0) is 17.3 Å². The molecule has 0 aromatic heterocycles. The molecule has 0 aromatic carbocycles. The van der Waals surface area contributed by atoms with Crippen molar-refractivity contribution in [1.82, 2.24) is 4.90 Å². The van der Waals surface area contributed by atoms with E-state index in [4.69, 9.17) is 7.85 Å². The Bertz CT molecular complexity index is 284. The van der Waals surface area contributed by atoms with E-state index in [9.17, 15) is 0 Å². The summed E-state index contributed by atoms with van der Waals surface area (Å²) in [5, 5.41) is -0.230. The fourth-order valence-corrected chi connectivity index (χ4v) is 2.02. The Morgan fingerprint density at radius 3 is 2.36 bits per heavy atom. The van der Waals surface area contributed by atoms with E-state index < -0.39 is 0 Å². The summed E-state index contributed by atoms with van der Waals surface area (Å²) in [5.41, 5.74) is 2.65. The van der Waals surface area contributed by atoms with E-state index in [1.54, 1.807) is 0 Å². The predicted octanol–water partition coefficient (Wildman–Crippen LogP) is 2.38. The van der Waals surface area contributed by atoms with Gasteiger partial charge in [0.2, 0.25) is 0 Å². The van der Waals surface area contributed by atoms with Gasteiger partial charge in [-0.25, -0.2) is 0 Å². The van der Waals surface area contributed by atoms with E-state index in [0.29, 0.717) is 0 Å². The van der Waals surface area contributed by atoms with Gasteiger partial charge in [-0.15, -0.1) is 0 Å². The highest BCUT2D eigenvalue weighted by molar-refractivity contribution is 6.17. The van der Waals surface area contributed by atoms with Crippen molar-refractivity contribution >= 4 is 13.7 Å². The van der Waals surface area contributed by atoms with Crippen LogP contribution in [0.1, 0.15) is 33.6 Å². The van der Waals surface area contributed by atoms with Crippen molar-refractivity contribution in [3.63, 3.8) is 0 Å². The third-order valence-electron chi connectivity index (χ3n) is 2.85. The molecule has 2 radical (unpaired) electrons. The zero-order valence-electron chi connectivity index (χ0n) is 9.89. The Labute approximate surface area is 88.5 Å². The van der Waals surface area contributed by atoms with Gasteiger partial charge in [0.05, 0.1) is 7.85 Å². The van der Waals surface area contributed by atoms with Crippen molar-refractivity contribution in [2.75, 3.05) is 14.1 Å². The molecule has 0 saturated carbocycles. The Balaban J connectivity index is 3.09. The predicted molar refractivity (Wildman–Crippen MR) is 62.9 cm³/mol. The van der Waals surface area contributed by atoms with Crippen LogP contribution in [-0.2, 0) is 0 Å². The number of aliphatic imine (C=N–C) groups is 1. The lowest BCUT2D eigenvalue weighted by Gasteiger charge is -2.23. The van der Waals surface area contributed by atoms with E-state index in [1.165, 1.54) is 11.3 Å². The topological polar surface area (TPSA) is 15.6 Å². The van der Waals surface area contributed by atoms with Gasteiger partial charge in [0.25, 0.3) is 0 Å². The van der Waals surface area contributed by atoms with Crippen molar-refractivity contribution in [2.45, 2.75) is 38.9 Å². The second-order valence-corrected chi connectivity index (χ2v) is 4.38. The minimum Gasteiger partial charge on any atom is -0.337 e. The van der Waals surface area contributed by atoms with Gasteiger partial charge in [0, 0.05) is 26.2 Å². The molecule has 3 heteroatoms. The highest BCUT2D eigenvalue weighted by atomic mass is 15.2. The lowest BCUT2D eigenvalue weighted by Crippen LogP contribution is -2.19. The van der Waals surface area contributed by atoms with Gasteiger partial charge >= 0.3 is 0 Å². The Morgan fingerprint density at radius 2 is 2.07 bits per heavy atom. The first kappa shape index (κ1) is 11.4. The molecule has 0 N–H and O–H groups in total. The van der Waals surface area contributed by atoms with Crippen LogP contribution in [0, 0.1) is 0 Å². The zero-order valence-corrected chi connectivity index (χ0v) is 9.89. The summed E-state index contributed by atoms with van der Waals surface area (Å²) in [4.78, 5) is 6.45. The lowest BCUT2D eigenvalue weighted by atomic mass is 9.66. The van der Waals surface area contributed by atoms with Crippen LogP contribution >= 0.6 is 0 Å². The molecule has 1 aliphatic rings. The summed E-state index contributed by atoms with van der Waals surface area (Å²) in [7, 11) is 10.1. The number of hydrogen-bond donors (Lipinski definition) is 0. The summed E-state index contributed by atoms with van der Waals surface area (Å²) in [6.45, 7) is 6.28. The summed E-state index contributed by atoms with van der Waals surface area (Å²) in [5.74, 6) is 1.12. The van der Waals surface area contributed by atoms with Crippen molar-refractivity contribution in [2.24, 2.45) is 4.99 Å². The minimum atomic E-state index is -0.230. The van der Waals surface area contributed by atoms with Crippen molar-refractivity contribution < 1.29 is 0 Å². The molecule has 0 saturated heterocycles. The number of hydrogen-bond acceptors (Lipinski definition) is 1. The molecule has 0 atom stereocenters. The van der Waals surface area contributed by atoms with Gasteiger partial charge in [-0.2, -0.15) is 0 Å². The van der Waals surface area contributed by atoms with Crippen LogP contribution in [-0.4, -0.2) is 32.7 Å². The smallest absolute Gasteiger partial charge is 0.107 e. The highest BCUT2D eigenvalue weighted by Gasteiger charge is 2.30. The normalized spacial score (nSPS) is 21.2. The van der Waals surface area contributed by atoms with Crippen LogP contribution in [0.25, 0.3) is 0 Å². The standard InChI is InChI=1S/C11H19BN2/c1-6-9-8(11(2,3)12)7-10(13-4)14(9)5/h6-7H2,1-5H3. The monoisotopic (exact) mass is 190 g/mol. The maximum atomic E-state index is 6.15. The first-order valence-electron chi connectivity index (χ1n) is 5.12. The second-order valence-electron chi connectivity index (χ2n) is 4.38. The van der Waals surface area contributed by atoms with E-state index in [0.717, 1.165) is 18.7 Å². The molecular weight excluding hydrogens is 171 g/mol. The molecule has 1 rings (SSSR count). The Hall–Kier alpha value is -0.725. The fraction of sp³-hybridized carbons (Fsp3) is 0.727. The molecule has 0 spiro atoms. The largest absolute Gasteiger partial charge is 0.337 e. The van der Waals surface area contributed by atoms with Crippen LogP contribution in [0.5, 0.6) is 0 Å². The molecule has 1 heterocycles. The number of amidine groups is 1. The SMILES string of the molecule is [B]C(C)(C)C1=C(CC)N(C)C(=NC)C1. The Kier molecular flexibility index (Phi) is 3.08. The molecule has 76 valence electrons. The van der Waals surface area contributed by atoms with Crippen molar-refractivity contribution in [3.8, 4) is 0 Å². The lowest BCUT2D eigenvalue weighted by molar-refractivity contribution is 0.601. The van der Waals surface area contributed by atoms with Gasteiger partial charge < -0.3 is 4.90 Å². The number of rotatable bonds is 2. The summed E-state index contributed by atoms with van der Waals surface area (Å²) < 4.78 is 0. The molecule has 0 fully saturated rings. The third kappa shape index (κ3) is 1.86. The molecule has 14 heavy (non-hydrogen) atoms. The van der Waals surface area contributed by atoms with E-state index in [1.807, 2.05) is 7.05 Å². The fourth-order valence-electron chi connectivity index (χ4n) is 2.02. The van der Waals surface area contributed by atoms with Gasteiger partial charge in [-0.1, -0.05) is 20.8 Å². The van der Waals surface area contributed by atoms with Crippen LogP contribution in [0.2, 0.25) is 5.31 Å². The summed E-state index contributed by atoms with van der Waals surface area (Å²) in [6.07, 6.45) is 1.92. The van der Waals surface area contributed by atoms with Crippen LogP contribution < -0.4 is 0 Å². The third-order valence-corrected chi connectivity index (χ3v) is 2.85. The van der Waals surface area contributed by atoms with E-state index >= 15 is 0 Å². The highest BCUT2D eigenvalue weighted by Crippen LogP contribution is 2.41. The molecule has 0 bridgehead atoms. The van der Waals surface area contributed by atoms with Gasteiger partial charge in [-0.3, -0.25) is 4.99 Å². The quantitative estimate of drug-likeness (QED) is 0.610. The maximum absolute atomic E-state index is 6.15. The number of allylic oxidation sites excluding steroid dienone is 1. The molecule has 1 aliphatic heterocycles. The first-order chi connectivity index (χ1) is 6.41. The van der Waals surface area contributed by atoms with Crippen LogP contribution in [0.3, 0.4) is 0 Å². The van der Waals surface area contributed by atoms with Crippen molar-refractivity contribution in [3.05, 3.63) is 11.3 Å². The van der Waals surface area contributed by atoms with Crippen LogP contribution in [0.4, 0.5) is 0 Å². The zero-order chi connectivity index (χ0) is 10.9. The molecule has 2 nitrogen and oxygen atoms in total. The van der Waals surface area contributed by atoms with Crippen LogP contribution in [0.15, 0.2) is 16.3 Å². The average Bonchev–Trinajstić information content (AvgIpc) is 2.41. The number of nitrogens with zero attached hydrogens (tertiary/aromatic N) is 2. The Morgan fingerprint density at radius 1 is 1.50 bits per heavy atom. The molecule has 0 amide bonds. The minimum absolute atomic E-state index is 0.230. The second kappa shape index (κ2) is 3.80. The molecule has 0 aromatic rings.